The van der Waals surface area contributed by atoms with Crippen LogP contribution in [-0.4, -0.2) is 52.2 Å². The van der Waals surface area contributed by atoms with Gasteiger partial charge in [0, 0.05) is 26.2 Å². The van der Waals surface area contributed by atoms with Crippen LogP contribution in [0.3, 0.4) is 0 Å². The second-order valence-electron chi connectivity index (χ2n) is 3.85. The number of piperazine rings is 1. The molecule has 1 fully saturated rings. The Balaban J connectivity index is 2.10. The third-order valence-electron chi connectivity index (χ3n) is 2.80. The zero-order valence-corrected chi connectivity index (χ0v) is 9.43. The van der Waals surface area contributed by atoms with Crippen molar-refractivity contribution in [3.63, 3.8) is 0 Å². The van der Waals surface area contributed by atoms with E-state index in [0.717, 1.165) is 0 Å². The van der Waals surface area contributed by atoms with Gasteiger partial charge < -0.3 is 14.9 Å². The lowest BCUT2D eigenvalue weighted by atomic mass is 10.3. The van der Waals surface area contributed by atoms with Crippen LogP contribution < -0.4 is 4.90 Å². The van der Waals surface area contributed by atoms with Gasteiger partial charge in [-0.1, -0.05) is 0 Å². The highest BCUT2D eigenvalue weighted by atomic mass is 19.1. The summed E-state index contributed by atoms with van der Waals surface area (Å²) >= 11 is 0. The van der Waals surface area contributed by atoms with Gasteiger partial charge in [-0.25, -0.2) is 19.2 Å². The minimum Gasteiger partial charge on any atom is -0.465 e. The molecule has 2 heterocycles. The fourth-order valence-electron chi connectivity index (χ4n) is 1.78. The van der Waals surface area contributed by atoms with Crippen LogP contribution in [0.5, 0.6) is 0 Å². The van der Waals surface area contributed by atoms with Gasteiger partial charge >= 0.3 is 6.09 Å². The van der Waals surface area contributed by atoms with E-state index in [0.29, 0.717) is 31.9 Å². The maximum atomic E-state index is 13.7. The van der Waals surface area contributed by atoms with Crippen molar-refractivity contribution in [3.8, 4) is 0 Å². The quantitative estimate of drug-likeness (QED) is 0.783. The van der Waals surface area contributed by atoms with Gasteiger partial charge in [-0.05, 0) is 6.92 Å². The number of hydrogen-bond donors (Lipinski definition) is 1. The number of carbonyl (C=O) groups is 1. The lowest BCUT2D eigenvalue weighted by Crippen LogP contribution is -2.48. The molecular formula is C10H13FN4O2. The van der Waals surface area contributed by atoms with Gasteiger partial charge in [0.15, 0.2) is 11.6 Å². The average molecular weight is 240 g/mol. The monoisotopic (exact) mass is 240 g/mol. The van der Waals surface area contributed by atoms with E-state index in [-0.39, 0.29) is 5.82 Å². The van der Waals surface area contributed by atoms with Crippen molar-refractivity contribution in [2.24, 2.45) is 0 Å². The Morgan fingerprint density at radius 2 is 2.00 bits per heavy atom. The first kappa shape index (κ1) is 11.6. The maximum Gasteiger partial charge on any atom is 0.407 e. The molecule has 1 aromatic rings. The van der Waals surface area contributed by atoms with Gasteiger partial charge in [0.1, 0.15) is 6.33 Å². The van der Waals surface area contributed by atoms with E-state index in [1.165, 1.54) is 11.2 Å². The van der Waals surface area contributed by atoms with E-state index in [9.17, 15) is 9.18 Å². The minimum atomic E-state index is -0.941. The number of rotatable bonds is 1. The fourth-order valence-corrected chi connectivity index (χ4v) is 1.78. The number of aryl methyl sites for hydroxylation is 1. The van der Waals surface area contributed by atoms with Crippen molar-refractivity contribution < 1.29 is 14.3 Å². The summed E-state index contributed by atoms with van der Waals surface area (Å²) in [6.45, 7) is 3.18. The lowest BCUT2D eigenvalue weighted by Gasteiger charge is -2.33. The van der Waals surface area contributed by atoms with Gasteiger partial charge in [-0.15, -0.1) is 0 Å². The molecule has 0 saturated carbocycles. The highest BCUT2D eigenvalue weighted by Gasteiger charge is 2.23. The molecule has 1 N–H and O–H groups in total. The highest BCUT2D eigenvalue weighted by molar-refractivity contribution is 5.65. The number of nitrogens with zero attached hydrogens (tertiary/aromatic N) is 4. The van der Waals surface area contributed by atoms with Gasteiger partial charge in [0.25, 0.3) is 0 Å². The Kier molecular flexibility index (Phi) is 3.08. The van der Waals surface area contributed by atoms with Crippen molar-refractivity contribution in [1.29, 1.82) is 0 Å². The van der Waals surface area contributed by atoms with Crippen LogP contribution in [0.15, 0.2) is 6.33 Å². The third kappa shape index (κ3) is 2.27. The summed E-state index contributed by atoms with van der Waals surface area (Å²) in [5.74, 6) is -0.182. The van der Waals surface area contributed by atoms with Crippen LogP contribution >= 0.6 is 0 Å². The third-order valence-corrected chi connectivity index (χ3v) is 2.80. The summed E-state index contributed by atoms with van der Waals surface area (Å²) in [6, 6.07) is 0. The van der Waals surface area contributed by atoms with Crippen LogP contribution in [0, 0.1) is 12.7 Å². The van der Waals surface area contributed by atoms with Crippen molar-refractivity contribution in [1.82, 2.24) is 14.9 Å². The second-order valence-corrected chi connectivity index (χ2v) is 3.85. The Morgan fingerprint density at radius 1 is 1.35 bits per heavy atom. The number of aromatic nitrogens is 2. The average Bonchev–Trinajstić information content (AvgIpc) is 2.33. The first-order chi connectivity index (χ1) is 8.09. The first-order valence-electron chi connectivity index (χ1n) is 5.29. The molecule has 0 aromatic carbocycles. The molecule has 1 saturated heterocycles. The molecule has 0 bridgehead atoms. The standard InChI is InChI=1S/C10H13FN4O2/c1-7-8(11)9(13-6-12-7)14-2-4-15(5-3-14)10(16)17/h6H,2-5H2,1H3,(H,16,17). The summed E-state index contributed by atoms with van der Waals surface area (Å²) in [5, 5.41) is 8.80. The van der Waals surface area contributed by atoms with Gasteiger partial charge in [0.05, 0.1) is 5.69 Å². The van der Waals surface area contributed by atoms with Crippen LogP contribution in [0.4, 0.5) is 15.0 Å². The summed E-state index contributed by atoms with van der Waals surface area (Å²) in [5.41, 5.74) is 0.302. The van der Waals surface area contributed by atoms with E-state index in [1.807, 2.05) is 0 Å². The van der Waals surface area contributed by atoms with E-state index in [1.54, 1.807) is 11.8 Å². The number of amides is 1. The van der Waals surface area contributed by atoms with Crippen LogP contribution in [0.25, 0.3) is 0 Å². The smallest absolute Gasteiger partial charge is 0.407 e. The van der Waals surface area contributed by atoms with E-state index in [4.69, 9.17) is 5.11 Å². The van der Waals surface area contributed by atoms with Gasteiger partial charge in [0.2, 0.25) is 0 Å². The molecular weight excluding hydrogens is 227 g/mol. The first-order valence-corrected chi connectivity index (χ1v) is 5.29. The predicted molar refractivity (Wildman–Crippen MR) is 58.5 cm³/mol. The summed E-state index contributed by atoms with van der Waals surface area (Å²) in [7, 11) is 0. The van der Waals surface area contributed by atoms with Crippen molar-refractivity contribution in [3.05, 3.63) is 17.8 Å². The Labute approximate surface area is 97.7 Å². The van der Waals surface area contributed by atoms with E-state index in [2.05, 4.69) is 9.97 Å². The van der Waals surface area contributed by atoms with Crippen molar-refractivity contribution in [2.45, 2.75) is 6.92 Å². The van der Waals surface area contributed by atoms with Crippen LogP contribution in [-0.2, 0) is 0 Å². The topological polar surface area (TPSA) is 69.6 Å². The van der Waals surface area contributed by atoms with Crippen molar-refractivity contribution >= 4 is 11.9 Å². The fraction of sp³-hybridized carbons (Fsp3) is 0.500. The predicted octanol–water partition coefficient (Wildman–Crippen LogP) is 0.724. The number of halogens is 1. The lowest BCUT2D eigenvalue weighted by molar-refractivity contribution is 0.142. The Hall–Kier alpha value is -1.92. The van der Waals surface area contributed by atoms with E-state index < -0.39 is 11.9 Å². The second kappa shape index (κ2) is 4.52. The molecule has 2 rings (SSSR count). The molecule has 0 unspecified atom stereocenters. The van der Waals surface area contributed by atoms with E-state index >= 15 is 0 Å². The molecule has 1 aromatic heterocycles. The molecule has 1 amide bonds. The van der Waals surface area contributed by atoms with Gasteiger partial charge in [-0.2, -0.15) is 0 Å². The molecule has 6 nitrogen and oxygen atoms in total. The SMILES string of the molecule is Cc1ncnc(N2CCN(C(=O)O)CC2)c1F. The molecule has 0 aliphatic carbocycles. The van der Waals surface area contributed by atoms with Gasteiger partial charge in [-0.3, -0.25) is 0 Å². The maximum absolute atomic E-state index is 13.7. The largest absolute Gasteiger partial charge is 0.465 e. The molecule has 0 radical (unpaired) electrons. The summed E-state index contributed by atoms with van der Waals surface area (Å²) < 4.78 is 13.7. The molecule has 0 atom stereocenters. The van der Waals surface area contributed by atoms with Crippen LogP contribution in [0.2, 0.25) is 0 Å². The molecule has 92 valence electrons. The molecule has 1 aliphatic rings. The summed E-state index contributed by atoms with van der Waals surface area (Å²) in [4.78, 5) is 21.4. The van der Waals surface area contributed by atoms with Crippen LogP contribution in [0.1, 0.15) is 5.69 Å². The Bertz CT molecular complexity index is 432. The number of anilines is 1. The highest BCUT2D eigenvalue weighted by Crippen LogP contribution is 2.18. The molecule has 1 aliphatic heterocycles. The zero-order chi connectivity index (χ0) is 12.4. The minimum absolute atomic E-state index is 0.252. The normalized spacial score (nSPS) is 16.1. The molecule has 0 spiro atoms. The summed E-state index contributed by atoms with van der Waals surface area (Å²) in [6.07, 6.45) is 0.376. The molecule has 17 heavy (non-hydrogen) atoms. The number of hydrogen-bond acceptors (Lipinski definition) is 4. The van der Waals surface area contributed by atoms with Crippen molar-refractivity contribution in [2.75, 3.05) is 31.1 Å². The Morgan fingerprint density at radius 3 is 2.59 bits per heavy atom. The molecule has 7 heteroatoms. The zero-order valence-electron chi connectivity index (χ0n) is 9.43. The number of carboxylic acid groups (broad SMARTS) is 1.